The first-order valence-corrected chi connectivity index (χ1v) is 5.90. The Morgan fingerprint density at radius 1 is 1.39 bits per heavy atom. The molecule has 0 aromatic heterocycles. The van der Waals surface area contributed by atoms with E-state index in [4.69, 9.17) is 5.73 Å². The fourth-order valence-electron chi connectivity index (χ4n) is 2.03. The van der Waals surface area contributed by atoms with E-state index in [1.165, 1.54) is 0 Å². The van der Waals surface area contributed by atoms with Crippen molar-refractivity contribution in [2.75, 3.05) is 13.1 Å². The number of halogens is 3. The minimum atomic E-state index is -4.76. The number of likely N-dealkylation sites (tertiary alicyclic amines) is 1. The summed E-state index contributed by atoms with van der Waals surface area (Å²) >= 11 is 0. The summed E-state index contributed by atoms with van der Waals surface area (Å²) in [5.74, 6) is -1.07. The summed E-state index contributed by atoms with van der Waals surface area (Å²) in [6.45, 7) is 2.75. The standard InChI is InChI=1S/C11H19F3N2O2/c1-7(17)8-3-5-16(6-4-8)9(18)10(2,15)11(12,13)14/h7-8,17H,3-6,15H2,1-2H3. The highest BCUT2D eigenvalue weighted by molar-refractivity contribution is 5.86. The first kappa shape index (κ1) is 15.2. The van der Waals surface area contributed by atoms with Gasteiger partial charge in [-0.05, 0) is 32.6 Å². The van der Waals surface area contributed by atoms with Crippen LogP contribution in [-0.4, -0.2) is 46.8 Å². The molecule has 1 saturated heterocycles. The zero-order chi connectivity index (χ0) is 14.1. The lowest BCUT2D eigenvalue weighted by atomic mass is 9.90. The number of aliphatic hydroxyl groups is 1. The van der Waals surface area contributed by atoms with E-state index in [1.54, 1.807) is 6.92 Å². The number of carbonyl (C=O) groups is 1. The predicted octanol–water partition coefficient (Wildman–Crippen LogP) is 0.885. The van der Waals surface area contributed by atoms with Gasteiger partial charge in [0.1, 0.15) is 0 Å². The van der Waals surface area contributed by atoms with E-state index in [-0.39, 0.29) is 19.0 Å². The second-order valence-corrected chi connectivity index (χ2v) is 5.07. The van der Waals surface area contributed by atoms with E-state index in [0.29, 0.717) is 19.8 Å². The maximum atomic E-state index is 12.6. The van der Waals surface area contributed by atoms with Crippen LogP contribution >= 0.6 is 0 Å². The van der Waals surface area contributed by atoms with Crippen LogP contribution in [0.15, 0.2) is 0 Å². The van der Waals surface area contributed by atoms with Gasteiger partial charge in [-0.3, -0.25) is 4.79 Å². The van der Waals surface area contributed by atoms with Gasteiger partial charge in [-0.1, -0.05) is 0 Å². The molecule has 0 radical (unpaired) electrons. The van der Waals surface area contributed by atoms with Crippen LogP contribution in [-0.2, 0) is 4.79 Å². The number of amides is 1. The Kier molecular flexibility index (Phi) is 4.27. The molecule has 1 fully saturated rings. The van der Waals surface area contributed by atoms with Crippen LogP contribution in [0.3, 0.4) is 0 Å². The van der Waals surface area contributed by atoms with Crippen molar-refractivity contribution in [1.82, 2.24) is 4.90 Å². The lowest BCUT2D eigenvalue weighted by molar-refractivity contribution is -0.194. The van der Waals surface area contributed by atoms with Gasteiger partial charge in [0.25, 0.3) is 5.91 Å². The molecule has 2 unspecified atom stereocenters. The van der Waals surface area contributed by atoms with E-state index in [0.717, 1.165) is 4.90 Å². The molecule has 0 aromatic rings. The van der Waals surface area contributed by atoms with Gasteiger partial charge in [0.05, 0.1) is 6.10 Å². The van der Waals surface area contributed by atoms with Crippen molar-refractivity contribution in [3.8, 4) is 0 Å². The second kappa shape index (κ2) is 5.05. The molecule has 18 heavy (non-hydrogen) atoms. The summed E-state index contributed by atoms with van der Waals surface area (Å²) < 4.78 is 37.9. The molecule has 0 aliphatic carbocycles. The van der Waals surface area contributed by atoms with Crippen molar-refractivity contribution in [3.63, 3.8) is 0 Å². The highest BCUT2D eigenvalue weighted by Gasteiger charge is 2.55. The van der Waals surface area contributed by atoms with Gasteiger partial charge >= 0.3 is 6.18 Å². The zero-order valence-electron chi connectivity index (χ0n) is 10.5. The molecule has 0 spiro atoms. The van der Waals surface area contributed by atoms with Gasteiger partial charge in [0, 0.05) is 13.1 Å². The number of alkyl halides is 3. The van der Waals surface area contributed by atoms with Gasteiger partial charge in [-0.25, -0.2) is 0 Å². The summed E-state index contributed by atoms with van der Waals surface area (Å²) in [5, 5.41) is 9.38. The molecule has 1 aliphatic heterocycles. The van der Waals surface area contributed by atoms with E-state index >= 15 is 0 Å². The van der Waals surface area contributed by atoms with Crippen LogP contribution in [0.4, 0.5) is 13.2 Å². The van der Waals surface area contributed by atoms with E-state index in [2.05, 4.69) is 0 Å². The molecule has 1 amide bonds. The van der Waals surface area contributed by atoms with E-state index in [9.17, 15) is 23.1 Å². The maximum absolute atomic E-state index is 12.6. The summed E-state index contributed by atoms with van der Waals surface area (Å²) in [6, 6.07) is 0. The molecule has 4 nitrogen and oxygen atoms in total. The Bertz CT molecular complexity index is 308. The third kappa shape index (κ3) is 2.95. The average molecular weight is 268 g/mol. The lowest BCUT2D eigenvalue weighted by Gasteiger charge is -2.38. The topological polar surface area (TPSA) is 66.6 Å². The average Bonchev–Trinajstić information content (AvgIpc) is 2.26. The smallest absolute Gasteiger partial charge is 0.393 e. The fourth-order valence-corrected chi connectivity index (χ4v) is 2.03. The molecular weight excluding hydrogens is 249 g/mol. The summed E-state index contributed by atoms with van der Waals surface area (Å²) in [5.41, 5.74) is 2.25. The molecule has 0 saturated carbocycles. The molecule has 1 heterocycles. The van der Waals surface area contributed by atoms with Crippen molar-refractivity contribution >= 4 is 5.91 Å². The number of hydrogen-bond acceptors (Lipinski definition) is 3. The van der Waals surface area contributed by atoms with Crippen molar-refractivity contribution < 1.29 is 23.1 Å². The Labute approximate surface area is 104 Å². The van der Waals surface area contributed by atoms with E-state index in [1.807, 2.05) is 0 Å². The largest absolute Gasteiger partial charge is 0.415 e. The number of hydrogen-bond donors (Lipinski definition) is 2. The molecule has 7 heteroatoms. The van der Waals surface area contributed by atoms with Crippen LogP contribution in [0.5, 0.6) is 0 Å². The number of nitrogens with zero attached hydrogens (tertiary/aromatic N) is 1. The summed E-state index contributed by atoms with van der Waals surface area (Å²) in [6.07, 6.45) is -4.27. The van der Waals surface area contributed by atoms with Gasteiger partial charge in [0.2, 0.25) is 0 Å². The summed E-state index contributed by atoms with van der Waals surface area (Å²) in [7, 11) is 0. The quantitative estimate of drug-likeness (QED) is 0.781. The fraction of sp³-hybridized carbons (Fsp3) is 0.909. The third-order valence-electron chi connectivity index (χ3n) is 3.54. The van der Waals surface area contributed by atoms with Gasteiger partial charge in [-0.2, -0.15) is 13.2 Å². The maximum Gasteiger partial charge on any atom is 0.415 e. The van der Waals surface area contributed by atoms with Gasteiger partial charge < -0.3 is 15.7 Å². The summed E-state index contributed by atoms with van der Waals surface area (Å²) in [4.78, 5) is 12.9. The van der Waals surface area contributed by atoms with E-state index < -0.39 is 23.7 Å². The normalized spacial score (nSPS) is 23.6. The molecular formula is C11H19F3N2O2. The van der Waals surface area contributed by atoms with Crippen molar-refractivity contribution in [3.05, 3.63) is 0 Å². The van der Waals surface area contributed by atoms with Gasteiger partial charge in [-0.15, -0.1) is 0 Å². The Hall–Kier alpha value is -0.820. The van der Waals surface area contributed by atoms with Crippen molar-refractivity contribution in [1.29, 1.82) is 0 Å². The lowest BCUT2D eigenvalue weighted by Crippen LogP contribution is -2.63. The molecule has 0 bridgehead atoms. The minimum absolute atomic E-state index is 0.0315. The van der Waals surface area contributed by atoms with Crippen LogP contribution in [0.25, 0.3) is 0 Å². The number of carbonyl (C=O) groups excluding carboxylic acids is 1. The molecule has 1 aliphatic rings. The molecule has 2 atom stereocenters. The second-order valence-electron chi connectivity index (χ2n) is 5.07. The SMILES string of the molecule is CC(O)C1CCN(C(=O)C(C)(N)C(F)(F)F)CC1. The Morgan fingerprint density at radius 2 is 1.83 bits per heavy atom. The third-order valence-corrected chi connectivity index (χ3v) is 3.54. The number of aliphatic hydroxyl groups excluding tert-OH is 1. The van der Waals surface area contributed by atoms with Crippen LogP contribution in [0.2, 0.25) is 0 Å². The predicted molar refractivity (Wildman–Crippen MR) is 59.6 cm³/mol. The van der Waals surface area contributed by atoms with Crippen LogP contribution in [0, 0.1) is 5.92 Å². The van der Waals surface area contributed by atoms with Crippen molar-refractivity contribution in [2.45, 2.75) is 44.5 Å². The molecule has 1 rings (SSSR count). The minimum Gasteiger partial charge on any atom is -0.393 e. The number of nitrogens with two attached hydrogens (primary N) is 1. The van der Waals surface area contributed by atoms with Crippen LogP contribution in [0.1, 0.15) is 26.7 Å². The highest BCUT2D eigenvalue weighted by atomic mass is 19.4. The first-order valence-electron chi connectivity index (χ1n) is 5.90. The van der Waals surface area contributed by atoms with Crippen molar-refractivity contribution in [2.24, 2.45) is 11.7 Å². The Morgan fingerprint density at radius 3 is 2.17 bits per heavy atom. The molecule has 106 valence electrons. The number of piperidine rings is 1. The number of rotatable bonds is 2. The molecule has 0 aromatic carbocycles. The van der Waals surface area contributed by atoms with Gasteiger partial charge in [0.15, 0.2) is 5.54 Å². The highest BCUT2D eigenvalue weighted by Crippen LogP contribution is 2.31. The van der Waals surface area contributed by atoms with Crippen LogP contribution < -0.4 is 5.73 Å². The zero-order valence-corrected chi connectivity index (χ0v) is 10.5. The first-order chi connectivity index (χ1) is 8.07. The molecule has 3 N–H and O–H groups in total. The monoisotopic (exact) mass is 268 g/mol. The Balaban J connectivity index is 2.66.